The van der Waals surface area contributed by atoms with Crippen molar-refractivity contribution in [3.63, 3.8) is 0 Å². The summed E-state index contributed by atoms with van der Waals surface area (Å²) in [5, 5.41) is 3.05. The SMILES string of the molecule is C=CCCN1C[C@@H](F)CC1C(=O)N[C@@H](Cc1ccc(OCC=C)c(Cl)c1)C(N)=O. The normalized spacial score (nSPS) is 20.1. The van der Waals surface area contributed by atoms with Crippen molar-refractivity contribution in [1.29, 1.82) is 0 Å². The second kappa shape index (κ2) is 11.0. The van der Waals surface area contributed by atoms with Crippen LogP contribution in [0.3, 0.4) is 0 Å². The molecular formula is C21H27ClFN3O3. The van der Waals surface area contributed by atoms with E-state index < -0.39 is 30.1 Å². The molecule has 0 radical (unpaired) electrons. The fourth-order valence-electron chi connectivity index (χ4n) is 3.29. The number of amides is 2. The highest BCUT2D eigenvalue weighted by Gasteiger charge is 2.37. The van der Waals surface area contributed by atoms with E-state index >= 15 is 0 Å². The molecule has 1 aliphatic rings. The van der Waals surface area contributed by atoms with Gasteiger partial charge in [-0.15, -0.1) is 6.58 Å². The lowest BCUT2D eigenvalue weighted by molar-refractivity contribution is -0.130. The molecule has 0 aliphatic carbocycles. The zero-order valence-electron chi connectivity index (χ0n) is 16.3. The van der Waals surface area contributed by atoms with Crippen LogP contribution in [0.15, 0.2) is 43.5 Å². The number of rotatable bonds is 11. The Morgan fingerprint density at radius 1 is 1.41 bits per heavy atom. The molecule has 3 atom stereocenters. The smallest absolute Gasteiger partial charge is 0.240 e. The first-order valence-corrected chi connectivity index (χ1v) is 9.84. The maximum atomic E-state index is 13.9. The lowest BCUT2D eigenvalue weighted by Crippen LogP contribution is -2.52. The van der Waals surface area contributed by atoms with Crippen LogP contribution >= 0.6 is 11.6 Å². The lowest BCUT2D eigenvalue weighted by Gasteiger charge is -2.25. The summed E-state index contributed by atoms with van der Waals surface area (Å²) in [5.74, 6) is -0.586. The van der Waals surface area contributed by atoms with Gasteiger partial charge in [-0.25, -0.2) is 4.39 Å². The summed E-state index contributed by atoms with van der Waals surface area (Å²) in [6.45, 7) is 8.27. The van der Waals surface area contributed by atoms with Gasteiger partial charge in [-0.05, 0) is 24.1 Å². The topological polar surface area (TPSA) is 84.7 Å². The van der Waals surface area contributed by atoms with E-state index in [1.165, 1.54) is 0 Å². The number of nitrogens with one attached hydrogen (secondary N) is 1. The lowest BCUT2D eigenvalue weighted by atomic mass is 10.0. The number of alkyl halides is 1. The average Bonchev–Trinajstić information content (AvgIpc) is 3.05. The van der Waals surface area contributed by atoms with Gasteiger partial charge in [0.25, 0.3) is 0 Å². The third kappa shape index (κ3) is 6.58. The van der Waals surface area contributed by atoms with E-state index in [1.54, 1.807) is 35.3 Å². The zero-order valence-corrected chi connectivity index (χ0v) is 17.0. The first-order chi connectivity index (χ1) is 13.8. The van der Waals surface area contributed by atoms with Gasteiger partial charge in [0.2, 0.25) is 11.8 Å². The Labute approximate surface area is 175 Å². The number of halogens is 2. The molecule has 0 saturated carbocycles. The molecule has 6 nitrogen and oxygen atoms in total. The monoisotopic (exact) mass is 423 g/mol. The third-order valence-corrected chi connectivity index (χ3v) is 5.02. The number of hydrogen-bond acceptors (Lipinski definition) is 4. The number of carbonyl (C=O) groups excluding carboxylic acids is 2. The van der Waals surface area contributed by atoms with Crippen molar-refractivity contribution in [1.82, 2.24) is 10.2 Å². The van der Waals surface area contributed by atoms with Crippen molar-refractivity contribution in [3.05, 3.63) is 54.1 Å². The zero-order chi connectivity index (χ0) is 21.4. The number of nitrogens with zero attached hydrogens (tertiary/aromatic N) is 1. The molecule has 1 saturated heterocycles. The number of hydrogen-bond donors (Lipinski definition) is 2. The number of primary amides is 1. The number of benzene rings is 1. The average molecular weight is 424 g/mol. The number of likely N-dealkylation sites (tertiary alicyclic amines) is 1. The fraction of sp³-hybridized carbons (Fsp3) is 0.429. The van der Waals surface area contributed by atoms with Crippen molar-refractivity contribution in [2.45, 2.75) is 37.5 Å². The molecular weight excluding hydrogens is 397 g/mol. The summed E-state index contributed by atoms with van der Waals surface area (Å²) in [7, 11) is 0. The summed E-state index contributed by atoms with van der Waals surface area (Å²) in [6.07, 6.45) is 3.15. The largest absolute Gasteiger partial charge is 0.488 e. The molecule has 1 fully saturated rings. The van der Waals surface area contributed by atoms with Crippen LogP contribution in [0.4, 0.5) is 4.39 Å². The molecule has 1 aliphatic heterocycles. The van der Waals surface area contributed by atoms with E-state index in [0.29, 0.717) is 35.9 Å². The Hall–Kier alpha value is -2.38. The Bertz CT molecular complexity index is 759. The summed E-state index contributed by atoms with van der Waals surface area (Å²) in [5.41, 5.74) is 6.20. The van der Waals surface area contributed by atoms with Crippen LogP contribution < -0.4 is 15.8 Å². The minimum atomic E-state index is -1.08. The highest BCUT2D eigenvalue weighted by Crippen LogP contribution is 2.26. The highest BCUT2D eigenvalue weighted by molar-refractivity contribution is 6.32. The molecule has 2 amide bonds. The molecule has 29 heavy (non-hydrogen) atoms. The molecule has 3 N–H and O–H groups in total. The molecule has 2 rings (SSSR count). The van der Waals surface area contributed by atoms with Gasteiger partial charge >= 0.3 is 0 Å². The standard InChI is InChI=1S/C21H27ClFN3O3/c1-3-5-8-26-13-15(23)12-18(26)21(28)25-17(20(24)27)11-14-6-7-19(16(22)10-14)29-9-4-2/h3-4,6-7,10,15,17-18H,1-2,5,8-9,11-13H2,(H2,24,27)(H,25,28)/t15-,17-,18?/m0/s1. The minimum Gasteiger partial charge on any atom is -0.488 e. The van der Waals surface area contributed by atoms with Gasteiger partial charge < -0.3 is 15.8 Å². The fourth-order valence-corrected chi connectivity index (χ4v) is 3.55. The predicted octanol–water partition coefficient (Wildman–Crippen LogP) is 2.41. The maximum absolute atomic E-state index is 13.9. The van der Waals surface area contributed by atoms with E-state index in [2.05, 4.69) is 18.5 Å². The van der Waals surface area contributed by atoms with Gasteiger partial charge in [-0.2, -0.15) is 0 Å². The summed E-state index contributed by atoms with van der Waals surface area (Å²) >= 11 is 6.20. The van der Waals surface area contributed by atoms with Crippen LogP contribution in [0.25, 0.3) is 0 Å². The van der Waals surface area contributed by atoms with Gasteiger partial charge in [-0.3, -0.25) is 14.5 Å². The van der Waals surface area contributed by atoms with Crippen molar-refractivity contribution < 1.29 is 18.7 Å². The predicted molar refractivity (Wildman–Crippen MR) is 112 cm³/mol. The first kappa shape index (κ1) is 22.9. The first-order valence-electron chi connectivity index (χ1n) is 9.46. The van der Waals surface area contributed by atoms with Crippen molar-refractivity contribution in [2.24, 2.45) is 5.73 Å². The summed E-state index contributed by atoms with van der Waals surface area (Å²) in [4.78, 5) is 26.4. The molecule has 1 aromatic rings. The molecule has 1 heterocycles. The molecule has 0 aromatic heterocycles. The number of carbonyl (C=O) groups is 2. The molecule has 1 unspecified atom stereocenters. The van der Waals surface area contributed by atoms with Crippen molar-refractivity contribution in [3.8, 4) is 5.75 Å². The Morgan fingerprint density at radius 2 is 2.17 bits per heavy atom. The summed E-state index contributed by atoms with van der Waals surface area (Å²) in [6, 6.07) is 3.52. The van der Waals surface area contributed by atoms with Crippen molar-refractivity contribution in [2.75, 3.05) is 19.7 Å². The van der Waals surface area contributed by atoms with E-state index in [0.717, 1.165) is 0 Å². The van der Waals surface area contributed by atoms with Gasteiger partial charge in [-0.1, -0.05) is 36.4 Å². The van der Waals surface area contributed by atoms with Gasteiger partial charge in [0.05, 0.1) is 11.1 Å². The van der Waals surface area contributed by atoms with E-state index in [-0.39, 0.29) is 19.4 Å². The Morgan fingerprint density at radius 3 is 2.79 bits per heavy atom. The van der Waals surface area contributed by atoms with Crippen LogP contribution in [0.5, 0.6) is 5.75 Å². The van der Waals surface area contributed by atoms with Gasteiger partial charge in [0.15, 0.2) is 0 Å². The molecule has 8 heteroatoms. The van der Waals surface area contributed by atoms with E-state index in [9.17, 15) is 14.0 Å². The van der Waals surface area contributed by atoms with Gasteiger partial charge in [0.1, 0.15) is 24.6 Å². The second-order valence-corrected chi connectivity index (χ2v) is 7.36. The molecule has 0 bridgehead atoms. The van der Waals surface area contributed by atoms with Crippen LogP contribution in [-0.4, -0.2) is 54.7 Å². The minimum absolute atomic E-state index is 0.0929. The molecule has 158 valence electrons. The number of nitrogens with two attached hydrogens (primary N) is 1. The van der Waals surface area contributed by atoms with Crippen LogP contribution in [0.2, 0.25) is 5.02 Å². The quantitative estimate of drug-likeness (QED) is 0.535. The Balaban J connectivity index is 2.05. The van der Waals surface area contributed by atoms with Crippen LogP contribution in [-0.2, 0) is 16.0 Å². The summed E-state index contributed by atoms with van der Waals surface area (Å²) < 4.78 is 19.3. The Kier molecular flexibility index (Phi) is 8.67. The molecule has 0 spiro atoms. The highest BCUT2D eigenvalue weighted by atomic mass is 35.5. The maximum Gasteiger partial charge on any atom is 0.240 e. The van der Waals surface area contributed by atoms with Crippen LogP contribution in [0.1, 0.15) is 18.4 Å². The third-order valence-electron chi connectivity index (χ3n) is 4.73. The van der Waals surface area contributed by atoms with E-state index in [4.69, 9.17) is 22.1 Å². The van der Waals surface area contributed by atoms with Crippen molar-refractivity contribution >= 4 is 23.4 Å². The second-order valence-electron chi connectivity index (χ2n) is 6.95. The van der Waals surface area contributed by atoms with Crippen LogP contribution in [0, 0.1) is 0 Å². The number of ether oxygens (including phenoxy) is 1. The van der Waals surface area contributed by atoms with E-state index in [1.807, 2.05) is 0 Å². The van der Waals surface area contributed by atoms with Gasteiger partial charge in [0, 0.05) is 25.9 Å². The molecule has 1 aromatic carbocycles.